The minimum absolute atomic E-state index is 0.0347. The van der Waals surface area contributed by atoms with Gasteiger partial charge in [-0.3, -0.25) is 4.79 Å². The van der Waals surface area contributed by atoms with Crippen molar-refractivity contribution in [1.29, 1.82) is 0 Å². The van der Waals surface area contributed by atoms with Crippen LogP contribution in [0.3, 0.4) is 0 Å². The Labute approximate surface area is 104 Å². The summed E-state index contributed by atoms with van der Waals surface area (Å²) in [6.45, 7) is 0. The molecular formula is C12H16NO5+. The first kappa shape index (κ1) is 14.1. The fourth-order valence-electron chi connectivity index (χ4n) is 2.02. The maximum Gasteiger partial charge on any atom is 0.302 e. The second-order valence-electron chi connectivity index (χ2n) is 3.54. The van der Waals surface area contributed by atoms with Gasteiger partial charge < -0.3 is 14.6 Å². The van der Waals surface area contributed by atoms with E-state index in [4.69, 9.17) is 14.6 Å². The van der Waals surface area contributed by atoms with Gasteiger partial charge in [-0.1, -0.05) is 0 Å². The van der Waals surface area contributed by atoms with Crippen molar-refractivity contribution in [2.45, 2.75) is 12.8 Å². The first-order chi connectivity index (χ1) is 8.72. The number of rotatable bonds is 3. The van der Waals surface area contributed by atoms with Gasteiger partial charge in [0, 0.05) is 34.7 Å². The van der Waals surface area contributed by atoms with Gasteiger partial charge in [-0.15, -0.1) is 0 Å². The monoisotopic (exact) mass is 254 g/mol. The average Bonchev–Trinajstić information content (AvgIpc) is 2.80. The quantitative estimate of drug-likeness (QED) is 0.787. The number of methoxy groups -OCH3 is 2. The van der Waals surface area contributed by atoms with Crippen LogP contribution < -0.4 is 14.7 Å². The first-order valence-electron chi connectivity index (χ1n) is 5.36. The molecule has 0 radical (unpaired) electrons. The van der Waals surface area contributed by atoms with Gasteiger partial charge in [0.25, 0.3) is 0 Å². The molecule has 0 saturated heterocycles. The molecule has 0 saturated carbocycles. The maximum absolute atomic E-state index is 11.6. The molecule has 1 aromatic rings. The fourth-order valence-corrected chi connectivity index (χ4v) is 2.02. The summed E-state index contributed by atoms with van der Waals surface area (Å²) < 4.78 is 10.2. The Hall–Kier alpha value is -1.95. The van der Waals surface area contributed by atoms with E-state index in [1.165, 1.54) is 14.2 Å². The third kappa shape index (κ3) is 2.19. The second-order valence-corrected chi connectivity index (χ2v) is 3.54. The van der Waals surface area contributed by atoms with Crippen LogP contribution in [0.4, 0.5) is 5.69 Å². The van der Waals surface area contributed by atoms with Crippen LogP contribution in [0.15, 0.2) is 6.07 Å². The van der Waals surface area contributed by atoms with Crippen LogP contribution in [0.5, 0.6) is 11.5 Å². The number of hydrogen-bond donors (Lipinski definition) is 2. The number of nitrogens with one attached hydrogen (secondary N) is 1. The molecule has 0 fully saturated rings. The minimum atomic E-state index is 0.0347. The normalized spacial score (nSPS) is 12.3. The molecule has 1 aromatic carbocycles. The summed E-state index contributed by atoms with van der Waals surface area (Å²) in [5, 5.41) is 8.83. The lowest BCUT2D eigenvalue weighted by Crippen LogP contribution is -2.56. The van der Waals surface area contributed by atoms with Gasteiger partial charge in [-0.2, -0.15) is 0 Å². The number of nitroso groups, excluding NO2 is 1. The molecule has 2 rings (SSSR count). The van der Waals surface area contributed by atoms with E-state index in [9.17, 15) is 9.70 Å². The number of aliphatic hydroxyl groups excluding tert-OH is 1. The fraction of sp³-hybridized carbons (Fsp3) is 0.417. The largest absolute Gasteiger partial charge is 0.493 e. The van der Waals surface area contributed by atoms with Crippen LogP contribution in [0.25, 0.3) is 0 Å². The predicted octanol–water partition coefficient (Wildman–Crippen LogP) is -0.0803. The number of Topliss-reactive ketones (excluding diaryl/α,β-unsaturated/α-hetero) is 1. The van der Waals surface area contributed by atoms with Gasteiger partial charge in [0.1, 0.15) is 0 Å². The van der Waals surface area contributed by atoms with Crippen molar-refractivity contribution in [2.24, 2.45) is 0 Å². The molecule has 0 unspecified atom stereocenters. The molecule has 0 amide bonds. The lowest BCUT2D eigenvalue weighted by molar-refractivity contribution is -0.381. The Bertz CT molecular complexity index is 470. The summed E-state index contributed by atoms with van der Waals surface area (Å²) in [7, 11) is 3.93. The summed E-state index contributed by atoms with van der Waals surface area (Å²) in [4.78, 5) is 22.5. The Morgan fingerprint density at radius 3 is 2.39 bits per heavy atom. The molecule has 0 spiro atoms. The van der Waals surface area contributed by atoms with Crippen LogP contribution in [0.1, 0.15) is 22.3 Å². The predicted molar refractivity (Wildman–Crippen MR) is 64.3 cm³/mol. The zero-order valence-electron chi connectivity index (χ0n) is 10.6. The standard InChI is InChI=1S/C11H11NO4.CH4O/c1-15-9-5-7-6(3-4-8(7)13)10(12-14)11(9)16-2;1-2/h5H,3-4H2,1-2H3;2H,1H3/p+1. The van der Waals surface area contributed by atoms with Crippen molar-refractivity contribution in [3.05, 3.63) is 22.1 Å². The van der Waals surface area contributed by atoms with E-state index in [2.05, 4.69) is 0 Å². The Morgan fingerprint density at radius 1 is 1.22 bits per heavy atom. The highest BCUT2D eigenvalue weighted by Crippen LogP contribution is 2.40. The van der Waals surface area contributed by atoms with Crippen LogP contribution in [-0.4, -0.2) is 32.2 Å². The van der Waals surface area contributed by atoms with Crippen molar-refractivity contribution in [3.8, 4) is 11.5 Å². The van der Waals surface area contributed by atoms with Crippen molar-refractivity contribution in [1.82, 2.24) is 0 Å². The Kier molecular flexibility index (Phi) is 4.79. The maximum atomic E-state index is 11.6. The van der Waals surface area contributed by atoms with Crippen molar-refractivity contribution >= 4 is 11.5 Å². The van der Waals surface area contributed by atoms with E-state index < -0.39 is 0 Å². The van der Waals surface area contributed by atoms with Gasteiger partial charge >= 0.3 is 5.69 Å². The van der Waals surface area contributed by atoms with Crippen molar-refractivity contribution in [2.75, 3.05) is 21.3 Å². The number of benzene rings is 1. The molecule has 2 N–H and O–H groups in total. The molecular weight excluding hydrogens is 238 g/mol. The third-order valence-electron chi connectivity index (χ3n) is 2.78. The molecule has 1 aliphatic carbocycles. The summed E-state index contributed by atoms with van der Waals surface area (Å²) in [5.41, 5.74) is 1.58. The lowest BCUT2D eigenvalue weighted by atomic mass is 10.1. The van der Waals surface area contributed by atoms with Gasteiger partial charge in [0.2, 0.25) is 5.75 Å². The van der Waals surface area contributed by atoms with Gasteiger partial charge in [0.05, 0.1) is 14.2 Å². The minimum Gasteiger partial charge on any atom is -0.493 e. The molecule has 0 aliphatic heterocycles. The van der Waals surface area contributed by atoms with Crippen LogP contribution in [0, 0.1) is 4.91 Å². The Balaban J connectivity index is 0.000000771. The molecule has 0 bridgehead atoms. The number of carbonyl (C=O) groups excluding carboxylic acids is 1. The number of ether oxygens (including phenoxy) is 2. The van der Waals surface area contributed by atoms with E-state index in [1.807, 2.05) is 5.18 Å². The summed E-state index contributed by atoms with van der Waals surface area (Å²) >= 11 is 0. The SMILES string of the molecule is CO.COc1cc2c(c([NH+]=O)c1OC)CCC2=O. The van der Waals surface area contributed by atoms with Crippen LogP contribution >= 0.6 is 0 Å². The number of hydrogen-bond acceptors (Lipinski definition) is 5. The average molecular weight is 254 g/mol. The second kappa shape index (κ2) is 6.11. The summed E-state index contributed by atoms with van der Waals surface area (Å²) in [5.74, 6) is 0.785. The highest BCUT2D eigenvalue weighted by molar-refractivity contribution is 6.02. The van der Waals surface area contributed by atoms with E-state index in [1.54, 1.807) is 6.07 Å². The molecule has 6 heteroatoms. The van der Waals surface area contributed by atoms with Crippen LogP contribution in [-0.2, 0) is 6.42 Å². The summed E-state index contributed by atoms with van der Waals surface area (Å²) in [6.07, 6.45) is 0.999. The van der Waals surface area contributed by atoms with E-state index in [0.29, 0.717) is 35.6 Å². The molecule has 1 aliphatic rings. The van der Waals surface area contributed by atoms with Crippen molar-refractivity contribution < 1.29 is 24.6 Å². The molecule has 6 nitrogen and oxygen atoms in total. The van der Waals surface area contributed by atoms with Gasteiger partial charge in [0.15, 0.2) is 11.5 Å². The first-order valence-corrected chi connectivity index (χ1v) is 5.36. The molecule has 98 valence electrons. The zero-order valence-corrected chi connectivity index (χ0v) is 10.6. The topological polar surface area (TPSA) is 86.8 Å². The molecule has 0 atom stereocenters. The lowest BCUT2D eigenvalue weighted by Gasteiger charge is -2.08. The van der Waals surface area contributed by atoms with Crippen molar-refractivity contribution in [3.63, 3.8) is 0 Å². The van der Waals surface area contributed by atoms with E-state index in [0.717, 1.165) is 12.7 Å². The van der Waals surface area contributed by atoms with E-state index in [-0.39, 0.29) is 5.78 Å². The van der Waals surface area contributed by atoms with E-state index >= 15 is 0 Å². The van der Waals surface area contributed by atoms with Crippen LogP contribution in [0.2, 0.25) is 0 Å². The Morgan fingerprint density at radius 2 is 1.89 bits per heavy atom. The number of fused-ring (bicyclic) bond motifs is 1. The summed E-state index contributed by atoms with van der Waals surface area (Å²) in [6, 6.07) is 1.63. The van der Waals surface area contributed by atoms with Gasteiger partial charge in [-0.05, 0) is 12.5 Å². The van der Waals surface area contributed by atoms with Gasteiger partial charge in [-0.25, -0.2) is 0 Å². The number of ketones is 1. The molecule has 0 aromatic heterocycles. The molecule has 0 heterocycles. The molecule has 18 heavy (non-hydrogen) atoms. The number of aliphatic hydroxyl groups is 1. The zero-order chi connectivity index (χ0) is 13.7. The highest BCUT2D eigenvalue weighted by atomic mass is 16.5. The number of carbonyl (C=O) groups is 1. The highest BCUT2D eigenvalue weighted by Gasteiger charge is 2.31. The third-order valence-corrected chi connectivity index (χ3v) is 2.78. The smallest absolute Gasteiger partial charge is 0.302 e.